The van der Waals surface area contributed by atoms with Gasteiger partial charge >= 0.3 is 5.97 Å². The summed E-state index contributed by atoms with van der Waals surface area (Å²) in [4.78, 5) is 17.3. The van der Waals surface area contributed by atoms with E-state index >= 15 is 0 Å². The molecule has 0 amide bonds. The predicted octanol–water partition coefficient (Wildman–Crippen LogP) is 3.45. The zero-order valence-electron chi connectivity index (χ0n) is 11.0. The van der Waals surface area contributed by atoms with E-state index in [2.05, 4.69) is 11.9 Å². The van der Waals surface area contributed by atoms with Gasteiger partial charge in [-0.3, -0.25) is 4.79 Å². The van der Waals surface area contributed by atoms with Crippen LogP contribution in [0.3, 0.4) is 0 Å². The van der Waals surface area contributed by atoms with Crippen molar-refractivity contribution in [2.45, 2.75) is 19.9 Å². The van der Waals surface area contributed by atoms with Gasteiger partial charge in [-0.25, -0.2) is 4.98 Å². The van der Waals surface area contributed by atoms with E-state index in [0.717, 1.165) is 22.8 Å². The van der Waals surface area contributed by atoms with Gasteiger partial charge < -0.3 is 10.0 Å². The Morgan fingerprint density at radius 1 is 1.40 bits per heavy atom. The van der Waals surface area contributed by atoms with Crippen molar-refractivity contribution in [3.63, 3.8) is 0 Å². The number of hydrogen-bond acceptors (Lipinski definition) is 4. The van der Waals surface area contributed by atoms with E-state index in [1.54, 1.807) is 28.4 Å². The molecule has 0 saturated carbocycles. The molecule has 4 nitrogen and oxygen atoms in total. The molecule has 6 heteroatoms. The standard InChI is InChI=1S/C14H15ClN2O2S/c1-2-13-16-11(9-20-13)7-17(8-14(18)19)12-5-3-10(15)4-6-12/h3-6,9H,2,7-8H2,1H3,(H,18,19). The maximum atomic E-state index is 11.0. The Hall–Kier alpha value is -1.59. The molecule has 2 aromatic rings. The minimum absolute atomic E-state index is 0.0688. The first-order valence-corrected chi connectivity index (χ1v) is 7.50. The van der Waals surface area contributed by atoms with Crippen LogP contribution in [0, 0.1) is 0 Å². The molecule has 0 bridgehead atoms. The number of aryl methyl sites for hydroxylation is 1. The molecule has 2 rings (SSSR count). The largest absolute Gasteiger partial charge is 0.480 e. The maximum absolute atomic E-state index is 11.0. The second-order valence-corrected chi connectivity index (χ2v) is 5.69. The van der Waals surface area contributed by atoms with Crippen LogP contribution < -0.4 is 4.90 Å². The average Bonchev–Trinajstić information content (AvgIpc) is 2.86. The van der Waals surface area contributed by atoms with Crippen LogP contribution in [0.5, 0.6) is 0 Å². The van der Waals surface area contributed by atoms with Gasteiger partial charge in [-0.05, 0) is 30.7 Å². The van der Waals surface area contributed by atoms with E-state index in [1.807, 2.05) is 17.5 Å². The number of carboxylic acid groups (broad SMARTS) is 1. The van der Waals surface area contributed by atoms with Crippen LogP contribution in [0.25, 0.3) is 0 Å². The third-order valence-corrected chi connectivity index (χ3v) is 4.07. The molecular weight excluding hydrogens is 296 g/mol. The predicted molar refractivity (Wildman–Crippen MR) is 81.6 cm³/mol. The van der Waals surface area contributed by atoms with Crippen LogP contribution in [-0.4, -0.2) is 22.6 Å². The molecule has 1 aromatic heterocycles. The Morgan fingerprint density at radius 3 is 2.65 bits per heavy atom. The van der Waals surface area contributed by atoms with Crippen LogP contribution in [0.4, 0.5) is 5.69 Å². The van der Waals surface area contributed by atoms with Gasteiger partial charge in [-0.1, -0.05) is 18.5 Å². The number of aliphatic carboxylic acids is 1. The lowest BCUT2D eigenvalue weighted by Crippen LogP contribution is -2.29. The fourth-order valence-electron chi connectivity index (χ4n) is 1.83. The molecule has 1 heterocycles. The van der Waals surface area contributed by atoms with Crippen molar-refractivity contribution in [1.82, 2.24) is 4.98 Å². The molecule has 0 spiro atoms. The summed E-state index contributed by atoms with van der Waals surface area (Å²) in [7, 11) is 0. The summed E-state index contributed by atoms with van der Waals surface area (Å²) in [5, 5.41) is 12.7. The fraction of sp³-hybridized carbons (Fsp3) is 0.286. The van der Waals surface area contributed by atoms with E-state index in [0.29, 0.717) is 11.6 Å². The van der Waals surface area contributed by atoms with Crippen LogP contribution in [0.2, 0.25) is 5.02 Å². The zero-order valence-corrected chi connectivity index (χ0v) is 12.6. The lowest BCUT2D eigenvalue weighted by Gasteiger charge is -2.21. The molecule has 0 fully saturated rings. The quantitative estimate of drug-likeness (QED) is 0.888. The van der Waals surface area contributed by atoms with Crippen molar-refractivity contribution in [2.24, 2.45) is 0 Å². The summed E-state index contributed by atoms with van der Waals surface area (Å²) >= 11 is 7.46. The minimum Gasteiger partial charge on any atom is -0.480 e. The van der Waals surface area contributed by atoms with Crippen molar-refractivity contribution in [3.05, 3.63) is 45.4 Å². The van der Waals surface area contributed by atoms with Gasteiger partial charge in [0.1, 0.15) is 6.54 Å². The van der Waals surface area contributed by atoms with Crippen LogP contribution in [-0.2, 0) is 17.8 Å². The van der Waals surface area contributed by atoms with Crippen LogP contribution >= 0.6 is 22.9 Å². The van der Waals surface area contributed by atoms with Crippen molar-refractivity contribution >= 4 is 34.6 Å². The molecule has 0 aliphatic heterocycles. The number of hydrogen-bond donors (Lipinski definition) is 1. The first-order chi connectivity index (χ1) is 9.58. The van der Waals surface area contributed by atoms with Gasteiger partial charge in [0.2, 0.25) is 0 Å². The van der Waals surface area contributed by atoms with Crippen molar-refractivity contribution in [3.8, 4) is 0 Å². The molecule has 0 unspecified atom stereocenters. The molecule has 0 radical (unpaired) electrons. The second-order valence-electron chi connectivity index (χ2n) is 4.31. The topological polar surface area (TPSA) is 53.4 Å². The summed E-state index contributed by atoms with van der Waals surface area (Å²) in [6, 6.07) is 7.14. The Kier molecular flexibility index (Phi) is 4.98. The first kappa shape index (κ1) is 14.8. The highest BCUT2D eigenvalue weighted by atomic mass is 35.5. The summed E-state index contributed by atoms with van der Waals surface area (Å²) in [5.74, 6) is -0.870. The highest BCUT2D eigenvalue weighted by molar-refractivity contribution is 7.09. The Bertz CT molecular complexity index is 583. The fourth-order valence-corrected chi connectivity index (χ4v) is 2.70. The summed E-state index contributed by atoms with van der Waals surface area (Å²) in [5.41, 5.74) is 1.71. The minimum atomic E-state index is -0.870. The number of anilines is 1. The van der Waals surface area contributed by atoms with E-state index in [-0.39, 0.29) is 6.54 Å². The average molecular weight is 311 g/mol. The summed E-state index contributed by atoms with van der Waals surface area (Å²) in [6.45, 7) is 2.46. The first-order valence-electron chi connectivity index (χ1n) is 6.24. The van der Waals surface area contributed by atoms with E-state index in [1.165, 1.54) is 0 Å². The molecule has 106 valence electrons. The highest BCUT2D eigenvalue weighted by Gasteiger charge is 2.13. The molecule has 20 heavy (non-hydrogen) atoms. The molecule has 0 aliphatic carbocycles. The van der Waals surface area contributed by atoms with Crippen molar-refractivity contribution < 1.29 is 9.90 Å². The highest BCUT2D eigenvalue weighted by Crippen LogP contribution is 2.21. The lowest BCUT2D eigenvalue weighted by molar-refractivity contribution is -0.135. The Morgan fingerprint density at radius 2 is 2.10 bits per heavy atom. The molecule has 0 atom stereocenters. The third kappa shape index (κ3) is 3.95. The number of aromatic nitrogens is 1. The number of carbonyl (C=O) groups is 1. The van der Waals surface area contributed by atoms with Crippen LogP contribution in [0.15, 0.2) is 29.6 Å². The smallest absolute Gasteiger partial charge is 0.323 e. The molecule has 0 saturated heterocycles. The van der Waals surface area contributed by atoms with Gasteiger partial charge in [0.15, 0.2) is 0 Å². The van der Waals surface area contributed by atoms with Gasteiger partial charge in [0.05, 0.1) is 17.2 Å². The maximum Gasteiger partial charge on any atom is 0.323 e. The number of benzene rings is 1. The van der Waals surface area contributed by atoms with Crippen LogP contribution in [0.1, 0.15) is 17.6 Å². The lowest BCUT2D eigenvalue weighted by atomic mass is 10.2. The number of nitrogens with zero attached hydrogens (tertiary/aromatic N) is 2. The van der Waals surface area contributed by atoms with E-state index in [9.17, 15) is 4.79 Å². The van der Waals surface area contributed by atoms with E-state index < -0.39 is 5.97 Å². The Balaban J connectivity index is 2.18. The molecular formula is C14H15ClN2O2S. The summed E-state index contributed by atoms with van der Waals surface area (Å²) in [6.07, 6.45) is 0.893. The van der Waals surface area contributed by atoms with Gasteiger partial charge in [-0.2, -0.15) is 0 Å². The van der Waals surface area contributed by atoms with Gasteiger partial charge in [0, 0.05) is 16.1 Å². The van der Waals surface area contributed by atoms with Crippen molar-refractivity contribution in [1.29, 1.82) is 0 Å². The second kappa shape index (κ2) is 6.72. The zero-order chi connectivity index (χ0) is 14.5. The number of rotatable bonds is 6. The monoisotopic (exact) mass is 310 g/mol. The van der Waals surface area contributed by atoms with Crippen molar-refractivity contribution in [2.75, 3.05) is 11.4 Å². The van der Waals surface area contributed by atoms with Gasteiger partial charge in [0.25, 0.3) is 0 Å². The van der Waals surface area contributed by atoms with Gasteiger partial charge in [-0.15, -0.1) is 11.3 Å². The summed E-state index contributed by atoms with van der Waals surface area (Å²) < 4.78 is 0. The number of thiazole rings is 1. The molecule has 1 aromatic carbocycles. The molecule has 1 N–H and O–H groups in total. The number of carboxylic acids is 1. The normalized spacial score (nSPS) is 10.5. The molecule has 0 aliphatic rings. The number of halogens is 1. The third-order valence-electron chi connectivity index (χ3n) is 2.77. The van der Waals surface area contributed by atoms with E-state index in [4.69, 9.17) is 16.7 Å². The SMILES string of the molecule is CCc1nc(CN(CC(=O)O)c2ccc(Cl)cc2)cs1. The Labute approximate surface area is 126 Å².